The molecule has 7 atom stereocenters. The number of aromatic amines is 2. The molecule has 2 aliphatic heterocycles. The highest BCUT2D eigenvalue weighted by Crippen LogP contribution is 2.44. The third-order valence-corrected chi connectivity index (χ3v) is 11.7. The quantitative estimate of drug-likeness (QED) is 0.109. The standard InChI is InChI=1S/C43H49ClN8O8/c1-24-6-16-34(51(24)40(53)30(18-20-57-2)47-42(55)59-4)38-45-23-32(46-38)27-11-7-25(8-12-27)26-9-13-28(14-10-26)36-37(44)50-39(49-36)35-22-29-15-17-33(29)52(35)41(54)31(19-21-58-3)48-43(56)60-5/h7-14,23-24,29-31,33-35H,6,16,18-22H2,1-5H3,(H,45,46)(H,47,55)(H,48,56)(H,49,50). The molecule has 316 valence electrons. The van der Waals surface area contributed by atoms with Crippen molar-refractivity contribution in [2.24, 2.45) is 5.92 Å². The van der Waals surface area contributed by atoms with E-state index in [1.165, 1.54) is 21.3 Å². The monoisotopic (exact) mass is 840 g/mol. The van der Waals surface area contributed by atoms with E-state index in [9.17, 15) is 19.2 Å². The van der Waals surface area contributed by atoms with Crippen LogP contribution in [0.15, 0.2) is 54.7 Å². The number of aromatic nitrogens is 4. The van der Waals surface area contributed by atoms with Crippen LogP contribution in [0, 0.1) is 17.8 Å². The number of likely N-dealkylation sites (tertiary alicyclic amines) is 2. The molecule has 17 heteroatoms. The number of amides is 4. The number of ether oxygens (including phenoxy) is 4. The number of carbonyl (C=O) groups excluding carboxylic acids is 4. The van der Waals surface area contributed by atoms with Crippen molar-refractivity contribution >= 4 is 35.6 Å². The van der Waals surface area contributed by atoms with E-state index in [0.29, 0.717) is 41.9 Å². The number of rotatable bonds is 15. The van der Waals surface area contributed by atoms with E-state index in [1.54, 1.807) is 23.1 Å². The summed E-state index contributed by atoms with van der Waals surface area (Å²) in [6.07, 6.45) is 3.09. The van der Waals surface area contributed by atoms with Gasteiger partial charge >= 0.3 is 12.2 Å². The van der Waals surface area contributed by atoms with Crippen LogP contribution in [-0.2, 0) is 28.5 Å². The van der Waals surface area contributed by atoms with Gasteiger partial charge in [0.2, 0.25) is 11.8 Å². The van der Waals surface area contributed by atoms with Gasteiger partial charge in [-0.25, -0.2) is 19.6 Å². The minimum atomic E-state index is -0.863. The van der Waals surface area contributed by atoms with Gasteiger partial charge in [-0.05, 0) is 42.9 Å². The predicted molar refractivity (Wildman–Crippen MR) is 221 cm³/mol. The second-order valence-corrected chi connectivity index (χ2v) is 15.5. The molecule has 0 saturated carbocycles. The Hall–Kier alpha value is -5.89. The molecule has 7 unspecified atom stereocenters. The van der Waals surface area contributed by atoms with Gasteiger partial charge in [-0.1, -0.05) is 72.0 Å². The van der Waals surface area contributed by atoms with Gasteiger partial charge < -0.3 is 49.3 Å². The number of carbonyl (C=O) groups is 4. The lowest BCUT2D eigenvalue weighted by Gasteiger charge is -2.32. The van der Waals surface area contributed by atoms with Crippen LogP contribution < -0.4 is 10.6 Å². The normalized spacial score (nSPS) is 21.3. The fraction of sp³-hybridized carbons (Fsp3) is 0.442. The molecule has 2 aromatic heterocycles. The number of benzene rings is 2. The lowest BCUT2D eigenvalue weighted by molar-refractivity contribution is -0.137. The summed E-state index contributed by atoms with van der Waals surface area (Å²) in [5, 5.41) is 5.66. The first kappa shape index (κ1) is 42.2. The smallest absolute Gasteiger partial charge is 0.407 e. The molecule has 4 amide bonds. The van der Waals surface area contributed by atoms with Gasteiger partial charge in [0.1, 0.15) is 40.6 Å². The second-order valence-electron chi connectivity index (χ2n) is 15.1. The number of nitrogens with zero attached hydrogens (tertiary/aromatic N) is 4. The summed E-state index contributed by atoms with van der Waals surface area (Å²) in [4.78, 5) is 71.6. The van der Waals surface area contributed by atoms with Gasteiger partial charge in [-0.3, -0.25) is 9.59 Å². The Bertz CT molecular complexity index is 2250. The zero-order valence-corrected chi connectivity index (χ0v) is 34.9. The zero-order valence-electron chi connectivity index (χ0n) is 34.1. The van der Waals surface area contributed by atoms with Crippen LogP contribution in [0.25, 0.3) is 33.6 Å². The number of nitrogens with one attached hydrogen (secondary N) is 4. The van der Waals surface area contributed by atoms with E-state index >= 15 is 0 Å². The number of fused-ring (bicyclic) bond motifs is 1. The van der Waals surface area contributed by atoms with Crippen LogP contribution in [0.5, 0.6) is 0 Å². The van der Waals surface area contributed by atoms with E-state index in [1.807, 2.05) is 55.5 Å². The van der Waals surface area contributed by atoms with Gasteiger partial charge in [0.25, 0.3) is 0 Å². The molecule has 2 saturated heterocycles. The molecule has 1 aliphatic carbocycles. The van der Waals surface area contributed by atoms with Crippen molar-refractivity contribution in [2.45, 2.75) is 75.3 Å². The van der Waals surface area contributed by atoms with Gasteiger partial charge in [0.05, 0.1) is 44.1 Å². The van der Waals surface area contributed by atoms with Crippen molar-refractivity contribution in [2.75, 3.05) is 41.7 Å². The van der Waals surface area contributed by atoms with Gasteiger partial charge in [0.15, 0.2) is 0 Å². The Morgan fingerprint density at radius 3 is 1.88 bits per heavy atom. The Balaban J connectivity index is 1.04. The van der Waals surface area contributed by atoms with Crippen LogP contribution in [0.4, 0.5) is 9.59 Å². The Morgan fingerprint density at radius 1 is 0.767 bits per heavy atom. The first-order valence-corrected chi connectivity index (χ1v) is 20.3. The van der Waals surface area contributed by atoms with Gasteiger partial charge in [-0.15, -0.1) is 0 Å². The molecular formula is C43H49ClN8O8. The predicted octanol–water partition coefficient (Wildman–Crippen LogP) is 5.64. The van der Waals surface area contributed by atoms with Crippen LogP contribution >= 0.6 is 11.6 Å². The summed E-state index contributed by atoms with van der Waals surface area (Å²) < 4.78 is 19.9. The average molecular weight is 841 g/mol. The van der Waals surface area contributed by atoms with Gasteiger partial charge in [0, 0.05) is 51.9 Å². The van der Waals surface area contributed by atoms with Crippen LogP contribution in [0.2, 0.25) is 5.15 Å². The molecule has 0 radical (unpaired) electrons. The maximum Gasteiger partial charge on any atom is 0.407 e. The molecule has 3 aliphatic rings. The highest BCUT2D eigenvalue weighted by molar-refractivity contribution is 6.32. The zero-order chi connectivity index (χ0) is 42.5. The Labute approximate surface area is 353 Å². The van der Waals surface area contributed by atoms with E-state index in [-0.39, 0.29) is 48.9 Å². The fourth-order valence-corrected chi connectivity index (χ4v) is 8.46. The first-order chi connectivity index (χ1) is 29.0. The maximum absolute atomic E-state index is 13.9. The number of methoxy groups -OCH3 is 4. The Kier molecular flexibility index (Phi) is 13.1. The molecular weight excluding hydrogens is 792 g/mol. The van der Waals surface area contributed by atoms with E-state index in [0.717, 1.165) is 40.8 Å². The minimum absolute atomic E-state index is 0.00624. The molecule has 4 N–H and O–H groups in total. The third-order valence-electron chi connectivity index (χ3n) is 11.5. The minimum Gasteiger partial charge on any atom is -0.453 e. The second kappa shape index (κ2) is 18.6. The number of hydrogen-bond donors (Lipinski definition) is 4. The SMILES string of the molecule is COCCC(NC(=O)OC)C(=O)N1C(C)CCC1c1ncc(-c2ccc(-c3ccc(-c4nc(C5CC6C#CC6N5C(=O)C(CCOC)NC(=O)OC)[nH]c4Cl)cc3)cc2)[nH]1. The third kappa shape index (κ3) is 8.70. The number of H-pyrrole nitrogens is 2. The first-order valence-electron chi connectivity index (χ1n) is 19.9. The highest BCUT2D eigenvalue weighted by atomic mass is 35.5. The molecule has 4 aromatic rings. The van der Waals surface area contributed by atoms with Crippen molar-refractivity contribution in [1.82, 2.24) is 40.4 Å². The number of imidazole rings is 2. The molecule has 0 bridgehead atoms. The van der Waals surface area contributed by atoms with Crippen LogP contribution in [0.1, 0.15) is 62.8 Å². The van der Waals surface area contributed by atoms with Crippen molar-refractivity contribution in [3.8, 4) is 45.5 Å². The molecule has 2 aromatic carbocycles. The maximum atomic E-state index is 13.9. The van der Waals surface area contributed by atoms with Crippen molar-refractivity contribution in [3.05, 3.63) is 71.5 Å². The van der Waals surface area contributed by atoms with Crippen molar-refractivity contribution < 1.29 is 38.1 Å². The molecule has 0 spiro atoms. The Morgan fingerprint density at radius 2 is 1.33 bits per heavy atom. The van der Waals surface area contributed by atoms with Gasteiger partial charge in [-0.2, -0.15) is 0 Å². The largest absolute Gasteiger partial charge is 0.453 e. The van der Waals surface area contributed by atoms with Crippen molar-refractivity contribution in [3.63, 3.8) is 0 Å². The number of halogens is 1. The van der Waals surface area contributed by atoms with E-state index in [4.69, 9.17) is 40.5 Å². The summed E-state index contributed by atoms with van der Waals surface area (Å²) in [6, 6.07) is 13.3. The average Bonchev–Trinajstić information content (AvgIpc) is 4.05. The van der Waals surface area contributed by atoms with Crippen LogP contribution in [0.3, 0.4) is 0 Å². The lowest BCUT2D eigenvalue weighted by atomic mass is 9.92. The summed E-state index contributed by atoms with van der Waals surface area (Å²) in [5.41, 5.74) is 5.10. The van der Waals surface area contributed by atoms with Crippen molar-refractivity contribution in [1.29, 1.82) is 0 Å². The van der Waals surface area contributed by atoms with E-state index in [2.05, 4.69) is 32.4 Å². The molecule has 60 heavy (non-hydrogen) atoms. The molecule has 7 rings (SSSR count). The summed E-state index contributed by atoms with van der Waals surface area (Å²) >= 11 is 6.76. The topological polar surface area (TPSA) is 193 Å². The molecule has 16 nitrogen and oxygen atoms in total. The fourth-order valence-electron chi connectivity index (χ4n) is 8.21. The van der Waals surface area contributed by atoms with Crippen LogP contribution in [-0.4, -0.2) is 120 Å². The van der Waals surface area contributed by atoms with E-state index < -0.39 is 30.3 Å². The summed E-state index contributed by atoms with van der Waals surface area (Å²) in [6.45, 7) is 2.57. The number of alkyl carbamates (subject to hydrolysis) is 2. The summed E-state index contributed by atoms with van der Waals surface area (Å²) in [5.74, 6) is 6.98. The molecule has 2 fully saturated rings. The summed E-state index contributed by atoms with van der Waals surface area (Å²) in [7, 11) is 5.60. The number of hydrogen-bond acceptors (Lipinski definition) is 10. The molecule has 4 heterocycles. The lowest BCUT2D eigenvalue weighted by Crippen LogP contribution is -2.52. The highest BCUT2D eigenvalue weighted by Gasteiger charge is 2.49.